The summed E-state index contributed by atoms with van der Waals surface area (Å²) < 4.78 is 0.718. The Bertz CT molecular complexity index is 882. The predicted molar refractivity (Wildman–Crippen MR) is 102 cm³/mol. The van der Waals surface area contributed by atoms with Crippen LogP contribution in [0, 0.1) is 6.92 Å². The molecular formula is C19H18BrN3O3. The van der Waals surface area contributed by atoms with E-state index in [0.29, 0.717) is 11.3 Å². The average molecular weight is 416 g/mol. The van der Waals surface area contributed by atoms with Crippen molar-refractivity contribution in [2.45, 2.75) is 19.4 Å². The molecule has 2 aromatic rings. The molecule has 3 rings (SSSR count). The highest BCUT2D eigenvalue weighted by atomic mass is 79.9. The Hall–Kier alpha value is -2.67. The lowest BCUT2D eigenvalue weighted by Crippen LogP contribution is -2.42. The molecule has 26 heavy (non-hydrogen) atoms. The summed E-state index contributed by atoms with van der Waals surface area (Å²) >= 11 is 3.34. The normalized spacial score (nSPS) is 19.4. The molecule has 0 bridgehead atoms. The van der Waals surface area contributed by atoms with Gasteiger partial charge in [0.15, 0.2) is 0 Å². The van der Waals surface area contributed by atoms with Gasteiger partial charge in [-0.25, -0.2) is 4.79 Å². The van der Waals surface area contributed by atoms with Crippen LogP contribution in [0.3, 0.4) is 0 Å². The van der Waals surface area contributed by atoms with E-state index >= 15 is 0 Å². The monoisotopic (exact) mass is 415 g/mol. The Balaban J connectivity index is 1.76. The first kappa shape index (κ1) is 18.1. The zero-order valence-corrected chi connectivity index (χ0v) is 16.0. The van der Waals surface area contributed by atoms with Gasteiger partial charge in [0.1, 0.15) is 12.1 Å². The maximum absolute atomic E-state index is 12.8. The number of aryl methyl sites for hydroxylation is 1. The van der Waals surface area contributed by atoms with Crippen LogP contribution in [0.4, 0.5) is 10.5 Å². The Morgan fingerprint density at radius 1 is 1.15 bits per heavy atom. The fourth-order valence-corrected chi connectivity index (χ4v) is 3.20. The van der Waals surface area contributed by atoms with E-state index in [2.05, 4.69) is 26.6 Å². The van der Waals surface area contributed by atoms with Crippen LogP contribution in [0.1, 0.15) is 18.1 Å². The summed E-state index contributed by atoms with van der Waals surface area (Å²) in [6, 6.07) is 13.9. The predicted octanol–water partition coefficient (Wildman–Crippen LogP) is 3.16. The quantitative estimate of drug-likeness (QED) is 0.752. The SMILES string of the molecule is Cc1ccc([C@@]2(C)NC(=O)N(CC(=O)Nc3ccccc3Br)C2=O)cc1. The minimum Gasteiger partial charge on any atom is -0.324 e. The van der Waals surface area contributed by atoms with Gasteiger partial charge in [0.05, 0.1) is 5.69 Å². The van der Waals surface area contributed by atoms with Gasteiger partial charge in [0.2, 0.25) is 5.91 Å². The van der Waals surface area contributed by atoms with Crippen molar-refractivity contribution in [2.24, 2.45) is 0 Å². The van der Waals surface area contributed by atoms with Gasteiger partial charge in [-0.05, 0) is 47.5 Å². The van der Waals surface area contributed by atoms with Crippen molar-refractivity contribution in [3.05, 3.63) is 64.1 Å². The van der Waals surface area contributed by atoms with Crippen LogP contribution in [-0.4, -0.2) is 29.3 Å². The van der Waals surface area contributed by atoms with E-state index in [0.717, 1.165) is 14.9 Å². The lowest BCUT2D eigenvalue weighted by molar-refractivity contribution is -0.133. The van der Waals surface area contributed by atoms with Crippen LogP contribution >= 0.6 is 15.9 Å². The third-order valence-electron chi connectivity index (χ3n) is 4.35. The van der Waals surface area contributed by atoms with Gasteiger partial charge in [-0.1, -0.05) is 42.0 Å². The smallest absolute Gasteiger partial charge is 0.324 e. The second-order valence-electron chi connectivity index (χ2n) is 6.34. The van der Waals surface area contributed by atoms with Crippen LogP contribution in [0.25, 0.3) is 0 Å². The summed E-state index contributed by atoms with van der Waals surface area (Å²) in [6.07, 6.45) is 0. The van der Waals surface area contributed by atoms with Crippen molar-refractivity contribution in [2.75, 3.05) is 11.9 Å². The number of carbonyl (C=O) groups is 3. The van der Waals surface area contributed by atoms with Crippen LogP contribution in [-0.2, 0) is 15.1 Å². The van der Waals surface area contributed by atoms with Gasteiger partial charge < -0.3 is 10.6 Å². The van der Waals surface area contributed by atoms with Crippen molar-refractivity contribution in [1.82, 2.24) is 10.2 Å². The standard InChI is InChI=1S/C19H18BrN3O3/c1-12-7-9-13(10-8-12)19(2)17(25)23(18(26)22-19)11-16(24)21-15-6-4-3-5-14(15)20/h3-10H,11H2,1-2H3,(H,21,24)(H,22,26)/t19-/m1/s1. The Labute approximate surface area is 159 Å². The number of amides is 4. The van der Waals surface area contributed by atoms with E-state index < -0.39 is 23.4 Å². The largest absolute Gasteiger partial charge is 0.325 e. The molecule has 2 N–H and O–H groups in total. The van der Waals surface area contributed by atoms with Crippen molar-refractivity contribution < 1.29 is 14.4 Å². The summed E-state index contributed by atoms with van der Waals surface area (Å²) in [4.78, 5) is 38.4. The van der Waals surface area contributed by atoms with Gasteiger partial charge >= 0.3 is 6.03 Å². The fraction of sp³-hybridized carbons (Fsp3) is 0.211. The summed E-state index contributed by atoms with van der Waals surface area (Å²) in [5.74, 6) is -0.901. The molecule has 0 saturated carbocycles. The van der Waals surface area contributed by atoms with Gasteiger partial charge in [-0.2, -0.15) is 0 Å². The molecule has 1 heterocycles. The Morgan fingerprint density at radius 3 is 2.46 bits per heavy atom. The third-order valence-corrected chi connectivity index (χ3v) is 5.05. The maximum Gasteiger partial charge on any atom is 0.325 e. The van der Waals surface area contributed by atoms with Crippen LogP contribution < -0.4 is 10.6 Å². The average Bonchev–Trinajstić information content (AvgIpc) is 2.82. The molecule has 1 fully saturated rings. The minimum atomic E-state index is -1.18. The van der Waals surface area contributed by atoms with Crippen molar-refractivity contribution in [3.8, 4) is 0 Å². The first-order valence-corrected chi connectivity index (χ1v) is 8.86. The highest BCUT2D eigenvalue weighted by Crippen LogP contribution is 2.29. The topological polar surface area (TPSA) is 78.5 Å². The minimum absolute atomic E-state index is 0.354. The molecule has 0 aromatic heterocycles. The van der Waals surface area contributed by atoms with Gasteiger partial charge in [-0.3, -0.25) is 14.5 Å². The molecule has 1 aliphatic heterocycles. The molecule has 1 atom stereocenters. The number of halogens is 1. The van der Waals surface area contributed by atoms with Crippen LogP contribution in [0.15, 0.2) is 53.0 Å². The molecule has 0 unspecified atom stereocenters. The van der Waals surface area contributed by atoms with Gasteiger partial charge in [0, 0.05) is 4.47 Å². The van der Waals surface area contributed by atoms with E-state index in [1.807, 2.05) is 25.1 Å². The van der Waals surface area contributed by atoms with Gasteiger partial charge in [0.25, 0.3) is 5.91 Å². The number of carbonyl (C=O) groups excluding carboxylic acids is 3. The first-order chi connectivity index (χ1) is 12.3. The van der Waals surface area contributed by atoms with E-state index in [1.165, 1.54) is 0 Å². The van der Waals surface area contributed by atoms with E-state index in [-0.39, 0.29) is 6.54 Å². The number of benzene rings is 2. The van der Waals surface area contributed by atoms with E-state index in [4.69, 9.17) is 0 Å². The van der Waals surface area contributed by atoms with E-state index in [9.17, 15) is 14.4 Å². The number of rotatable bonds is 4. The molecule has 0 radical (unpaired) electrons. The number of nitrogens with zero attached hydrogens (tertiary/aromatic N) is 1. The number of para-hydroxylation sites is 1. The molecule has 1 saturated heterocycles. The number of nitrogens with one attached hydrogen (secondary N) is 2. The lowest BCUT2D eigenvalue weighted by atomic mass is 9.91. The molecule has 7 heteroatoms. The van der Waals surface area contributed by atoms with Crippen molar-refractivity contribution >= 4 is 39.5 Å². The van der Waals surface area contributed by atoms with Crippen LogP contribution in [0.2, 0.25) is 0 Å². The molecule has 0 spiro atoms. The second-order valence-corrected chi connectivity index (χ2v) is 7.19. The fourth-order valence-electron chi connectivity index (χ4n) is 2.82. The molecule has 2 aromatic carbocycles. The molecule has 4 amide bonds. The summed E-state index contributed by atoms with van der Waals surface area (Å²) in [7, 11) is 0. The zero-order valence-electron chi connectivity index (χ0n) is 14.4. The second kappa shape index (κ2) is 6.92. The Morgan fingerprint density at radius 2 is 1.81 bits per heavy atom. The zero-order chi connectivity index (χ0) is 18.9. The van der Waals surface area contributed by atoms with Crippen molar-refractivity contribution in [3.63, 3.8) is 0 Å². The third kappa shape index (κ3) is 3.35. The molecular weight excluding hydrogens is 398 g/mol. The first-order valence-electron chi connectivity index (χ1n) is 8.07. The summed E-state index contributed by atoms with van der Waals surface area (Å²) in [5, 5.41) is 5.39. The summed E-state index contributed by atoms with van der Waals surface area (Å²) in [5.41, 5.74) is 1.12. The lowest BCUT2D eigenvalue weighted by Gasteiger charge is -2.22. The highest BCUT2D eigenvalue weighted by Gasteiger charge is 2.49. The highest BCUT2D eigenvalue weighted by molar-refractivity contribution is 9.10. The molecule has 134 valence electrons. The number of hydrogen-bond donors (Lipinski definition) is 2. The van der Waals surface area contributed by atoms with Crippen molar-refractivity contribution in [1.29, 1.82) is 0 Å². The van der Waals surface area contributed by atoms with Crippen LogP contribution in [0.5, 0.6) is 0 Å². The maximum atomic E-state index is 12.8. The Kier molecular flexibility index (Phi) is 4.82. The molecule has 0 aliphatic carbocycles. The molecule has 1 aliphatic rings. The molecule has 6 nitrogen and oxygen atoms in total. The van der Waals surface area contributed by atoms with E-state index in [1.54, 1.807) is 37.3 Å². The number of anilines is 1. The summed E-state index contributed by atoms with van der Waals surface area (Å²) in [6.45, 7) is 3.23. The number of hydrogen-bond acceptors (Lipinski definition) is 3. The number of urea groups is 1. The number of imide groups is 1. The van der Waals surface area contributed by atoms with Gasteiger partial charge in [-0.15, -0.1) is 0 Å².